The van der Waals surface area contributed by atoms with Gasteiger partial charge in [0.15, 0.2) is 0 Å². The lowest BCUT2D eigenvalue weighted by Gasteiger charge is -2.15. The molecular formula is C13H21NO4S. The Morgan fingerprint density at radius 3 is 2.53 bits per heavy atom. The van der Waals surface area contributed by atoms with Gasteiger partial charge >= 0.3 is 0 Å². The lowest BCUT2D eigenvalue weighted by atomic mass is 10.2. The largest absolute Gasteiger partial charge is 0.494 e. The molecule has 0 radical (unpaired) electrons. The summed E-state index contributed by atoms with van der Waals surface area (Å²) in [4.78, 5) is 0.181. The maximum absolute atomic E-state index is 12.1. The van der Waals surface area contributed by atoms with Gasteiger partial charge in [-0.3, -0.25) is 0 Å². The molecule has 0 saturated carbocycles. The fraction of sp³-hybridized carbons (Fsp3) is 0.538. The van der Waals surface area contributed by atoms with Crippen LogP contribution in [0.15, 0.2) is 23.1 Å². The number of hydrogen-bond donors (Lipinski definition) is 2. The Balaban J connectivity index is 2.99. The maximum Gasteiger partial charge on any atom is 0.240 e. The molecule has 0 aromatic heterocycles. The van der Waals surface area contributed by atoms with Crippen molar-refractivity contribution in [3.05, 3.63) is 23.8 Å². The molecule has 0 saturated heterocycles. The van der Waals surface area contributed by atoms with Gasteiger partial charge in [0.25, 0.3) is 0 Å². The predicted octanol–water partition coefficient (Wildman–Crippen LogP) is 1.44. The van der Waals surface area contributed by atoms with Crippen LogP contribution in [0.3, 0.4) is 0 Å². The lowest BCUT2D eigenvalue weighted by molar-refractivity contribution is 0.254. The van der Waals surface area contributed by atoms with Gasteiger partial charge in [-0.15, -0.1) is 0 Å². The molecule has 1 aromatic carbocycles. The molecule has 0 amide bonds. The monoisotopic (exact) mass is 287 g/mol. The Labute approximate surface area is 114 Å². The van der Waals surface area contributed by atoms with Crippen LogP contribution in [-0.4, -0.2) is 32.8 Å². The molecule has 0 bridgehead atoms. The fourth-order valence-electron chi connectivity index (χ4n) is 1.64. The van der Waals surface area contributed by atoms with Gasteiger partial charge in [0, 0.05) is 6.04 Å². The number of hydrogen-bond acceptors (Lipinski definition) is 4. The van der Waals surface area contributed by atoms with Gasteiger partial charge in [-0.2, -0.15) is 0 Å². The van der Waals surface area contributed by atoms with Crippen molar-refractivity contribution < 1.29 is 18.3 Å². The van der Waals surface area contributed by atoms with E-state index in [0.717, 1.165) is 5.56 Å². The molecule has 0 heterocycles. The lowest BCUT2D eigenvalue weighted by Crippen LogP contribution is -2.36. The van der Waals surface area contributed by atoms with Crippen molar-refractivity contribution in [3.8, 4) is 5.75 Å². The van der Waals surface area contributed by atoms with Crippen LogP contribution in [0.1, 0.15) is 25.8 Å². The zero-order chi connectivity index (χ0) is 14.5. The third kappa shape index (κ3) is 4.19. The summed E-state index contributed by atoms with van der Waals surface area (Å²) >= 11 is 0. The van der Waals surface area contributed by atoms with E-state index in [0.29, 0.717) is 18.8 Å². The normalized spacial score (nSPS) is 13.3. The summed E-state index contributed by atoms with van der Waals surface area (Å²) in [7, 11) is -3.60. The Hall–Kier alpha value is -1.11. The SMILES string of the molecule is CCOc1ccc(S(=O)(=O)N[C@H](CC)CO)cc1C. The van der Waals surface area contributed by atoms with Gasteiger partial charge in [-0.1, -0.05) is 6.92 Å². The highest BCUT2D eigenvalue weighted by Gasteiger charge is 2.19. The Kier molecular flexibility index (Phi) is 5.78. The van der Waals surface area contributed by atoms with Crippen molar-refractivity contribution in [2.45, 2.75) is 38.1 Å². The van der Waals surface area contributed by atoms with Gasteiger partial charge < -0.3 is 9.84 Å². The molecule has 0 aliphatic heterocycles. The first-order chi connectivity index (χ1) is 8.94. The third-order valence-corrected chi connectivity index (χ3v) is 4.31. The van der Waals surface area contributed by atoms with Crippen LogP contribution in [0.4, 0.5) is 0 Å². The van der Waals surface area contributed by atoms with Crippen molar-refractivity contribution in [2.24, 2.45) is 0 Å². The Morgan fingerprint density at radius 1 is 1.37 bits per heavy atom. The van der Waals surface area contributed by atoms with Crippen LogP contribution >= 0.6 is 0 Å². The topological polar surface area (TPSA) is 75.6 Å². The van der Waals surface area contributed by atoms with Gasteiger partial charge in [0.2, 0.25) is 10.0 Å². The number of aryl methyl sites for hydroxylation is 1. The first kappa shape index (κ1) is 15.9. The molecule has 108 valence electrons. The summed E-state index contributed by atoms with van der Waals surface area (Å²) < 4.78 is 32.1. The van der Waals surface area contributed by atoms with E-state index < -0.39 is 16.1 Å². The number of nitrogens with one attached hydrogen (secondary N) is 1. The molecular weight excluding hydrogens is 266 g/mol. The maximum atomic E-state index is 12.1. The number of benzene rings is 1. The number of aliphatic hydroxyl groups is 1. The molecule has 0 fully saturated rings. The van der Waals surface area contributed by atoms with Crippen LogP contribution in [0, 0.1) is 6.92 Å². The summed E-state index contributed by atoms with van der Waals surface area (Å²) in [5, 5.41) is 9.06. The van der Waals surface area contributed by atoms with E-state index in [-0.39, 0.29) is 11.5 Å². The second kappa shape index (κ2) is 6.88. The number of ether oxygens (including phenoxy) is 1. The fourth-order valence-corrected chi connectivity index (χ4v) is 3.04. The standard InChI is InChI=1S/C13H21NO4S/c1-4-11(9-15)14-19(16,17)12-6-7-13(18-5-2)10(3)8-12/h6-8,11,14-15H,4-5,9H2,1-3H3/t11-/m1/s1. The van der Waals surface area contributed by atoms with Crippen LogP contribution in [-0.2, 0) is 10.0 Å². The van der Waals surface area contributed by atoms with Crippen molar-refractivity contribution in [1.82, 2.24) is 4.72 Å². The summed E-state index contributed by atoms with van der Waals surface area (Å²) in [5.74, 6) is 0.677. The van der Waals surface area contributed by atoms with Crippen LogP contribution in [0.25, 0.3) is 0 Å². The molecule has 0 aliphatic carbocycles. The Bertz CT molecular complexity index is 509. The van der Waals surface area contributed by atoms with E-state index in [1.54, 1.807) is 19.1 Å². The zero-order valence-corrected chi connectivity index (χ0v) is 12.3. The van der Waals surface area contributed by atoms with Crippen LogP contribution in [0.5, 0.6) is 5.75 Å². The number of rotatable bonds is 7. The highest BCUT2D eigenvalue weighted by Crippen LogP contribution is 2.21. The molecule has 19 heavy (non-hydrogen) atoms. The van der Waals surface area contributed by atoms with Crippen molar-refractivity contribution in [3.63, 3.8) is 0 Å². The second-order valence-corrected chi connectivity index (χ2v) is 5.98. The molecule has 2 N–H and O–H groups in total. The van der Waals surface area contributed by atoms with E-state index in [9.17, 15) is 8.42 Å². The Morgan fingerprint density at radius 2 is 2.05 bits per heavy atom. The predicted molar refractivity (Wildman–Crippen MR) is 73.8 cm³/mol. The minimum absolute atomic E-state index is 0.181. The van der Waals surface area contributed by atoms with E-state index in [2.05, 4.69) is 4.72 Å². The molecule has 0 spiro atoms. The second-order valence-electron chi connectivity index (χ2n) is 4.27. The van der Waals surface area contributed by atoms with Crippen molar-refractivity contribution >= 4 is 10.0 Å². The number of sulfonamides is 1. The average Bonchev–Trinajstić information content (AvgIpc) is 2.38. The summed E-state index contributed by atoms with van der Waals surface area (Å²) in [5.41, 5.74) is 0.766. The molecule has 1 aromatic rings. The third-order valence-electron chi connectivity index (χ3n) is 2.79. The van der Waals surface area contributed by atoms with Crippen molar-refractivity contribution in [2.75, 3.05) is 13.2 Å². The van der Waals surface area contributed by atoms with Crippen LogP contribution < -0.4 is 9.46 Å². The van der Waals surface area contributed by atoms with Gasteiger partial charge in [0.1, 0.15) is 5.75 Å². The summed E-state index contributed by atoms with van der Waals surface area (Å²) in [6, 6.07) is 4.26. The minimum atomic E-state index is -3.60. The molecule has 5 nitrogen and oxygen atoms in total. The molecule has 1 atom stereocenters. The van der Waals surface area contributed by atoms with Gasteiger partial charge in [0.05, 0.1) is 18.1 Å². The smallest absolute Gasteiger partial charge is 0.240 e. The molecule has 1 rings (SSSR count). The molecule has 6 heteroatoms. The van der Waals surface area contributed by atoms with Gasteiger partial charge in [-0.05, 0) is 44.0 Å². The molecule has 0 unspecified atom stereocenters. The molecule has 0 aliphatic rings. The van der Waals surface area contributed by atoms with Gasteiger partial charge in [-0.25, -0.2) is 13.1 Å². The number of aliphatic hydroxyl groups excluding tert-OH is 1. The van der Waals surface area contributed by atoms with E-state index in [4.69, 9.17) is 9.84 Å². The highest BCUT2D eigenvalue weighted by molar-refractivity contribution is 7.89. The highest BCUT2D eigenvalue weighted by atomic mass is 32.2. The van der Waals surface area contributed by atoms with E-state index in [1.807, 2.05) is 13.8 Å². The summed E-state index contributed by atoms with van der Waals surface area (Å²) in [6.07, 6.45) is 0.533. The van der Waals surface area contributed by atoms with Crippen LogP contribution in [0.2, 0.25) is 0 Å². The van der Waals surface area contributed by atoms with E-state index >= 15 is 0 Å². The van der Waals surface area contributed by atoms with Crippen molar-refractivity contribution in [1.29, 1.82) is 0 Å². The first-order valence-corrected chi connectivity index (χ1v) is 7.79. The summed E-state index contributed by atoms with van der Waals surface area (Å²) in [6.45, 7) is 5.80. The minimum Gasteiger partial charge on any atom is -0.494 e. The quantitative estimate of drug-likeness (QED) is 0.795. The first-order valence-electron chi connectivity index (χ1n) is 6.31. The average molecular weight is 287 g/mol. The zero-order valence-electron chi connectivity index (χ0n) is 11.5. The van der Waals surface area contributed by atoms with E-state index in [1.165, 1.54) is 6.07 Å².